The first-order valence-electron chi connectivity index (χ1n) is 0. The fourth-order valence-corrected chi connectivity index (χ4v) is 0. The van der Waals surface area contributed by atoms with E-state index in [4.69, 9.17) is 0 Å². The van der Waals surface area contributed by atoms with E-state index in [1.807, 2.05) is 0 Å². The molecule has 18 valence electrons. The van der Waals surface area contributed by atoms with Crippen molar-refractivity contribution in [2.24, 2.45) is 0 Å². The molecule has 0 N–H and O–H groups in total. The van der Waals surface area contributed by atoms with Crippen LogP contribution in [0.5, 0.6) is 0 Å². The molecule has 0 amide bonds. The standard InChI is InChI=1S/Ca.H3P.Se.Zn/h;1H3;;. The molecule has 0 aromatic rings. The van der Waals surface area contributed by atoms with E-state index in [1.165, 1.54) is 0 Å². The Balaban J connectivity index is 0. The van der Waals surface area contributed by atoms with E-state index in [9.17, 15) is 0 Å². The maximum Gasteiger partial charge on any atom is 0 e. The molecule has 4 heteroatoms. The molecule has 0 aliphatic heterocycles. The predicted octanol–water partition coefficient (Wildman–Crippen LogP) is -0.706. The van der Waals surface area contributed by atoms with E-state index in [0.29, 0.717) is 0 Å². The quantitative estimate of drug-likeness (QED) is 0.372. The van der Waals surface area contributed by atoms with Gasteiger partial charge in [-0.3, -0.25) is 0 Å². The summed E-state index contributed by atoms with van der Waals surface area (Å²) in [6.45, 7) is 0. The molecule has 0 aromatic heterocycles. The number of rotatable bonds is 0. The van der Waals surface area contributed by atoms with Crippen molar-refractivity contribution in [3.63, 3.8) is 0 Å². The van der Waals surface area contributed by atoms with E-state index >= 15 is 0 Å². The van der Waals surface area contributed by atoms with E-state index in [2.05, 4.69) is 0 Å². The summed E-state index contributed by atoms with van der Waals surface area (Å²) in [6.07, 6.45) is 0. The minimum absolute atomic E-state index is 0. The molecule has 0 aliphatic rings. The Kier molecular flexibility index (Phi) is 123. The third kappa shape index (κ3) is 8.85. The van der Waals surface area contributed by atoms with Gasteiger partial charge >= 0.3 is 0 Å². The molecule has 0 spiro atoms. The summed E-state index contributed by atoms with van der Waals surface area (Å²) in [4.78, 5) is 0. The van der Waals surface area contributed by atoms with Crippen LogP contribution in [0.4, 0.5) is 0 Å². The molecular formula is H3CaPSeZn. The van der Waals surface area contributed by atoms with E-state index in [1.54, 1.807) is 0 Å². The van der Waals surface area contributed by atoms with Gasteiger partial charge in [-0.1, -0.05) is 0 Å². The summed E-state index contributed by atoms with van der Waals surface area (Å²) >= 11 is 0. The summed E-state index contributed by atoms with van der Waals surface area (Å²) < 4.78 is 0. The number of hydrogen-bond donors (Lipinski definition) is 0. The largest absolute Gasteiger partial charge is 0.153 e. The molecule has 0 heterocycles. The minimum Gasteiger partial charge on any atom is -0.153 e. The van der Waals surface area contributed by atoms with Crippen LogP contribution in [0.15, 0.2) is 0 Å². The summed E-state index contributed by atoms with van der Waals surface area (Å²) in [7, 11) is 0. The molecule has 0 aliphatic carbocycles. The van der Waals surface area contributed by atoms with Gasteiger partial charge in [-0.15, -0.1) is 0 Å². The summed E-state index contributed by atoms with van der Waals surface area (Å²) in [5.74, 6) is 0. The average molecular weight is 218 g/mol. The van der Waals surface area contributed by atoms with Crippen LogP contribution in [-0.4, -0.2) is 54.8 Å². The van der Waals surface area contributed by atoms with Crippen LogP contribution in [0.1, 0.15) is 0 Å². The first-order chi connectivity index (χ1) is 0. The maximum atomic E-state index is 0. The second-order valence-electron chi connectivity index (χ2n) is 0. The van der Waals surface area contributed by atoms with Gasteiger partial charge in [0.1, 0.15) is 0 Å². The van der Waals surface area contributed by atoms with Gasteiger partial charge in [0.25, 0.3) is 0 Å². The van der Waals surface area contributed by atoms with Crippen LogP contribution in [0, 0.1) is 0 Å². The first-order valence-corrected chi connectivity index (χ1v) is 0. The summed E-state index contributed by atoms with van der Waals surface area (Å²) in [5, 5.41) is 0. The third-order valence-electron chi connectivity index (χ3n) is 0. The molecule has 1 atom stereocenters. The molecule has 4 heavy (non-hydrogen) atoms. The van der Waals surface area contributed by atoms with Crippen molar-refractivity contribution >= 4 is 64.7 Å². The smallest absolute Gasteiger partial charge is 0 e. The van der Waals surface area contributed by atoms with E-state index < -0.39 is 0 Å². The fourth-order valence-electron chi connectivity index (χ4n) is 0. The monoisotopic (exact) mass is 218 g/mol. The Labute approximate surface area is 82.7 Å². The maximum absolute atomic E-state index is 0. The number of hydrogen-bond acceptors (Lipinski definition) is 0. The minimum atomic E-state index is 0. The predicted molar refractivity (Wildman–Crippen MR) is 22.6 cm³/mol. The molecule has 0 saturated carbocycles. The molecule has 1 unspecified atom stereocenters. The van der Waals surface area contributed by atoms with Crippen molar-refractivity contribution in [1.82, 2.24) is 0 Å². The fraction of sp³-hybridized carbons (Fsp3) is 0. The van der Waals surface area contributed by atoms with Crippen LogP contribution < -0.4 is 0 Å². The third-order valence-corrected chi connectivity index (χ3v) is 0. The topological polar surface area (TPSA) is 0 Å². The summed E-state index contributed by atoms with van der Waals surface area (Å²) in [6, 6.07) is 0. The van der Waals surface area contributed by atoms with Gasteiger partial charge in [-0.25, -0.2) is 0 Å². The van der Waals surface area contributed by atoms with Gasteiger partial charge in [0, 0.05) is 74.3 Å². The summed E-state index contributed by atoms with van der Waals surface area (Å²) in [5.41, 5.74) is 0. The molecule has 0 nitrogen and oxygen atoms in total. The van der Waals surface area contributed by atoms with Crippen LogP contribution in [-0.2, 0) is 19.5 Å². The molecular weight excluding hydrogens is 215 g/mol. The molecule has 0 aromatic carbocycles. The van der Waals surface area contributed by atoms with Crippen molar-refractivity contribution in [3.05, 3.63) is 0 Å². The zero-order valence-electron chi connectivity index (χ0n) is 2.53. The molecule has 0 rings (SSSR count). The van der Waals surface area contributed by atoms with Crippen LogP contribution in [0.3, 0.4) is 0 Å². The normalized spacial score (nSPS) is 0. The Morgan fingerprint density at radius 1 is 1.00 bits per heavy atom. The van der Waals surface area contributed by atoms with E-state index in [-0.39, 0.29) is 84.2 Å². The van der Waals surface area contributed by atoms with Crippen molar-refractivity contribution < 1.29 is 19.5 Å². The van der Waals surface area contributed by atoms with Gasteiger partial charge in [-0.05, 0) is 0 Å². The van der Waals surface area contributed by atoms with Crippen LogP contribution >= 0.6 is 9.90 Å². The molecule has 0 saturated heterocycles. The van der Waals surface area contributed by atoms with Crippen LogP contribution in [0.2, 0.25) is 0 Å². The second kappa shape index (κ2) is 17.0. The Morgan fingerprint density at radius 2 is 1.00 bits per heavy atom. The van der Waals surface area contributed by atoms with Gasteiger partial charge < -0.3 is 0 Å². The Hall–Kier alpha value is 2.83. The van der Waals surface area contributed by atoms with Crippen molar-refractivity contribution in [2.45, 2.75) is 0 Å². The Morgan fingerprint density at radius 3 is 1.00 bits per heavy atom. The van der Waals surface area contributed by atoms with E-state index in [0.717, 1.165) is 0 Å². The SMILES string of the molecule is P.[Ca].[Se].[Zn]. The zero-order chi connectivity index (χ0) is 0. The first kappa shape index (κ1) is 29.0. The second-order valence-corrected chi connectivity index (χ2v) is 0. The zero-order valence-corrected chi connectivity index (χ0v) is 10.8. The molecule has 0 bridgehead atoms. The van der Waals surface area contributed by atoms with Crippen molar-refractivity contribution in [2.75, 3.05) is 0 Å². The molecule has 0 fully saturated rings. The van der Waals surface area contributed by atoms with Crippen molar-refractivity contribution in [1.29, 1.82) is 0 Å². The van der Waals surface area contributed by atoms with Gasteiger partial charge in [0.15, 0.2) is 0 Å². The van der Waals surface area contributed by atoms with Crippen LogP contribution in [0.25, 0.3) is 0 Å². The van der Waals surface area contributed by atoms with Crippen molar-refractivity contribution in [3.8, 4) is 0 Å². The van der Waals surface area contributed by atoms with Gasteiger partial charge in [0.2, 0.25) is 0 Å². The van der Waals surface area contributed by atoms with Gasteiger partial charge in [0.05, 0.1) is 0 Å². The Bertz CT molecular complexity index is 8.00. The molecule has 4 radical (unpaired) electrons. The van der Waals surface area contributed by atoms with Gasteiger partial charge in [-0.2, -0.15) is 9.90 Å². The average Bonchev–Trinajstić information content (AvgIpc) is 0.